The van der Waals surface area contributed by atoms with E-state index in [9.17, 15) is 9.59 Å². The third-order valence-electron chi connectivity index (χ3n) is 4.85. The van der Waals surface area contributed by atoms with Gasteiger partial charge in [-0.3, -0.25) is 14.9 Å². The van der Waals surface area contributed by atoms with Crippen LogP contribution in [-0.2, 0) is 14.3 Å². The molecule has 6 heteroatoms. The van der Waals surface area contributed by atoms with Gasteiger partial charge in [0.05, 0.1) is 30.2 Å². The number of aromatic nitrogens is 1. The maximum atomic E-state index is 12.5. The van der Waals surface area contributed by atoms with Crippen molar-refractivity contribution in [3.63, 3.8) is 0 Å². The van der Waals surface area contributed by atoms with E-state index >= 15 is 0 Å². The molecule has 0 saturated carbocycles. The highest BCUT2D eigenvalue weighted by molar-refractivity contribution is 6.06. The Morgan fingerprint density at radius 1 is 1.29 bits per heavy atom. The quantitative estimate of drug-likeness (QED) is 0.814. The number of nitrogens with zero attached hydrogens (tertiary/aromatic N) is 1. The fraction of sp³-hybridized carbons (Fsp3) is 0.533. The molecule has 3 saturated heterocycles. The van der Waals surface area contributed by atoms with E-state index in [1.54, 1.807) is 0 Å². The van der Waals surface area contributed by atoms with Crippen LogP contribution in [0, 0.1) is 18.8 Å². The van der Waals surface area contributed by atoms with E-state index in [-0.39, 0.29) is 42.5 Å². The second-order valence-electron chi connectivity index (χ2n) is 6.01. The Morgan fingerprint density at radius 3 is 2.57 bits per heavy atom. The van der Waals surface area contributed by atoms with Crippen molar-refractivity contribution in [3.05, 3.63) is 23.9 Å². The molecule has 3 fully saturated rings. The first kappa shape index (κ1) is 12.8. The van der Waals surface area contributed by atoms with Crippen molar-refractivity contribution in [2.75, 3.05) is 12.0 Å². The topological polar surface area (TPSA) is 72.8 Å². The summed E-state index contributed by atoms with van der Waals surface area (Å²) in [6.07, 6.45) is 3.51. The second-order valence-corrected chi connectivity index (χ2v) is 6.01. The molecular weight excluding hydrogens is 270 g/mol. The molecule has 6 nitrogen and oxygen atoms in total. The third-order valence-corrected chi connectivity index (χ3v) is 4.85. The molecule has 21 heavy (non-hydrogen) atoms. The monoisotopic (exact) mass is 288 g/mol. The van der Waals surface area contributed by atoms with Crippen LogP contribution in [0.5, 0.6) is 0 Å². The minimum Gasteiger partial charge on any atom is -0.373 e. The number of imide groups is 1. The summed E-state index contributed by atoms with van der Waals surface area (Å²) in [5.41, 5.74) is 1.04. The summed E-state index contributed by atoms with van der Waals surface area (Å²) in [4.78, 5) is 29.4. The van der Waals surface area contributed by atoms with E-state index in [2.05, 4.69) is 10.3 Å². The van der Waals surface area contributed by atoms with Crippen LogP contribution < -0.4 is 10.3 Å². The molecule has 0 aliphatic carbocycles. The lowest BCUT2D eigenvalue weighted by atomic mass is 9.81. The number of likely N-dealkylation sites (tertiary alicyclic amines) is 1. The summed E-state index contributed by atoms with van der Waals surface area (Å²) in [6.45, 7) is 2.18. The Kier molecular flexibility index (Phi) is 2.75. The van der Waals surface area contributed by atoms with Crippen molar-refractivity contribution in [1.82, 2.24) is 4.90 Å². The predicted molar refractivity (Wildman–Crippen MR) is 73.0 cm³/mol. The zero-order valence-corrected chi connectivity index (χ0v) is 11.8. The van der Waals surface area contributed by atoms with Gasteiger partial charge >= 0.3 is 0 Å². The van der Waals surface area contributed by atoms with Gasteiger partial charge in [0.2, 0.25) is 11.8 Å². The van der Waals surface area contributed by atoms with Crippen LogP contribution in [0.15, 0.2) is 18.3 Å². The molecule has 1 aromatic heterocycles. The fourth-order valence-electron chi connectivity index (χ4n) is 3.80. The van der Waals surface area contributed by atoms with E-state index in [0.717, 1.165) is 24.2 Å². The van der Waals surface area contributed by atoms with Crippen LogP contribution >= 0.6 is 0 Å². The maximum Gasteiger partial charge on any atom is 0.276 e. The molecule has 0 unspecified atom stereocenters. The number of fused-ring (bicyclic) bond motifs is 5. The molecule has 4 atom stereocenters. The summed E-state index contributed by atoms with van der Waals surface area (Å²) >= 11 is 0. The SMILES string of the molecule is Cc1ccc[nH+]c1NCN1C(=O)[C@@H]2[C@H](C1=O)[C@@H]1CC[C@H]2O1. The molecule has 4 heterocycles. The van der Waals surface area contributed by atoms with Gasteiger partial charge in [0.1, 0.15) is 0 Å². The summed E-state index contributed by atoms with van der Waals surface area (Å²) in [5, 5.41) is 3.14. The number of carbonyl (C=O) groups is 2. The van der Waals surface area contributed by atoms with E-state index in [0.29, 0.717) is 0 Å². The fourth-order valence-corrected chi connectivity index (χ4v) is 3.80. The molecular formula is C15H18N3O3+. The number of carbonyl (C=O) groups excluding carboxylic acids is 2. The highest BCUT2D eigenvalue weighted by atomic mass is 16.5. The zero-order valence-electron chi connectivity index (χ0n) is 11.8. The molecule has 4 rings (SSSR count). The van der Waals surface area contributed by atoms with Crippen LogP contribution in [0.25, 0.3) is 0 Å². The number of amides is 2. The second kappa shape index (κ2) is 4.53. The van der Waals surface area contributed by atoms with Crippen LogP contribution in [0.4, 0.5) is 5.82 Å². The molecule has 2 bridgehead atoms. The molecule has 1 aromatic rings. The Labute approximate surface area is 122 Å². The van der Waals surface area contributed by atoms with E-state index < -0.39 is 0 Å². The van der Waals surface area contributed by atoms with Gasteiger partial charge in [-0.1, -0.05) is 0 Å². The number of H-pyrrole nitrogens is 1. The molecule has 2 amide bonds. The number of hydrogen-bond acceptors (Lipinski definition) is 4. The Morgan fingerprint density at radius 2 is 1.95 bits per heavy atom. The summed E-state index contributed by atoms with van der Waals surface area (Å²) < 4.78 is 5.72. The minimum absolute atomic E-state index is 0.0496. The molecule has 0 spiro atoms. The average Bonchev–Trinajstić information content (AvgIpc) is 3.14. The van der Waals surface area contributed by atoms with Gasteiger partial charge in [0.15, 0.2) is 6.67 Å². The van der Waals surface area contributed by atoms with Crippen molar-refractivity contribution < 1.29 is 19.3 Å². The van der Waals surface area contributed by atoms with Crippen LogP contribution in [-0.4, -0.2) is 35.6 Å². The van der Waals surface area contributed by atoms with Crippen molar-refractivity contribution >= 4 is 17.6 Å². The number of ether oxygens (including phenoxy) is 1. The molecule has 3 aliphatic heterocycles. The first-order valence-electron chi connectivity index (χ1n) is 7.38. The van der Waals surface area contributed by atoms with Crippen molar-refractivity contribution in [2.45, 2.75) is 32.0 Å². The molecule has 0 aromatic carbocycles. The van der Waals surface area contributed by atoms with Crippen molar-refractivity contribution in [3.8, 4) is 0 Å². The smallest absolute Gasteiger partial charge is 0.276 e. The largest absolute Gasteiger partial charge is 0.373 e. The van der Waals surface area contributed by atoms with E-state index in [1.807, 2.05) is 25.3 Å². The van der Waals surface area contributed by atoms with E-state index in [4.69, 9.17) is 4.74 Å². The summed E-state index contributed by atoms with van der Waals surface area (Å²) in [5.74, 6) is 0.156. The lowest BCUT2D eigenvalue weighted by Crippen LogP contribution is -2.38. The molecule has 3 aliphatic rings. The summed E-state index contributed by atoms with van der Waals surface area (Å²) in [7, 11) is 0. The number of anilines is 1. The van der Waals surface area contributed by atoms with Gasteiger partial charge in [0, 0.05) is 5.56 Å². The lowest BCUT2D eigenvalue weighted by Gasteiger charge is -2.15. The number of nitrogens with one attached hydrogen (secondary N) is 2. The van der Waals surface area contributed by atoms with Gasteiger partial charge < -0.3 is 4.74 Å². The van der Waals surface area contributed by atoms with Gasteiger partial charge in [-0.25, -0.2) is 9.88 Å². The van der Waals surface area contributed by atoms with Crippen molar-refractivity contribution in [1.29, 1.82) is 0 Å². The van der Waals surface area contributed by atoms with Gasteiger partial charge in [-0.2, -0.15) is 0 Å². The Hall–Kier alpha value is -1.95. The van der Waals surface area contributed by atoms with Gasteiger partial charge in [0.25, 0.3) is 5.82 Å². The van der Waals surface area contributed by atoms with E-state index in [1.165, 1.54) is 4.90 Å². The minimum atomic E-state index is -0.251. The highest BCUT2D eigenvalue weighted by Gasteiger charge is 2.62. The molecule has 2 N–H and O–H groups in total. The number of aromatic amines is 1. The zero-order chi connectivity index (χ0) is 14.6. The van der Waals surface area contributed by atoms with Crippen LogP contribution in [0.3, 0.4) is 0 Å². The van der Waals surface area contributed by atoms with Crippen molar-refractivity contribution in [2.24, 2.45) is 11.8 Å². The molecule has 110 valence electrons. The third kappa shape index (κ3) is 1.78. The standard InChI is InChI=1S/C15H17N3O3/c1-8-3-2-6-16-13(8)17-7-18-14(19)11-9-4-5-10(21-9)12(11)15(18)20/h2-3,6,9-12H,4-5,7H2,1H3,(H,16,17)/p+1/t9-,10+,11+,12-. The first-order chi connectivity index (χ1) is 10.2. The maximum absolute atomic E-state index is 12.5. The summed E-state index contributed by atoms with van der Waals surface area (Å²) in [6, 6.07) is 3.88. The van der Waals surface area contributed by atoms with Crippen LogP contribution in [0.1, 0.15) is 18.4 Å². The normalized spacial score (nSPS) is 33.7. The highest BCUT2D eigenvalue weighted by Crippen LogP contribution is 2.48. The van der Waals surface area contributed by atoms with Gasteiger partial charge in [-0.05, 0) is 31.9 Å². The lowest BCUT2D eigenvalue weighted by molar-refractivity contribution is -0.361. The van der Waals surface area contributed by atoms with Gasteiger partial charge in [-0.15, -0.1) is 0 Å². The first-order valence-corrected chi connectivity index (χ1v) is 7.38. The number of aryl methyl sites for hydroxylation is 1. The Balaban J connectivity index is 1.51. The van der Waals surface area contributed by atoms with Crippen LogP contribution in [0.2, 0.25) is 0 Å². The average molecular weight is 288 g/mol. The predicted octanol–water partition coefficient (Wildman–Crippen LogP) is 0.341. The number of hydrogen-bond donors (Lipinski definition) is 1. The molecule has 0 radical (unpaired) electrons. The number of pyridine rings is 1. The Bertz CT molecular complexity index is 590. The number of rotatable bonds is 3.